The maximum Gasteiger partial charge on any atom is 0.237 e. The summed E-state index contributed by atoms with van der Waals surface area (Å²) < 4.78 is 0. The van der Waals surface area contributed by atoms with Crippen LogP contribution in [-0.2, 0) is 4.79 Å². The van der Waals surface area contributed by atoms with E-state index in [4.69, 9.17) is 5.73 Å². The lowest BCUT2D eigenvalue weighted by molar-refractivity contribution is -0.122. The first-order valence-electron chi connectivity index (χ1n) is 4.53. The lowest BCUT2D eigenvalue weighted by atomic mass is 10.2. The van der Waals surface area contributed by atoms with Crippen molar-refractivity contribution in [1.29, 1.82) is 0 Å². The van der Waals surface area contributed by atoms with Gasteiger partial charge in [0.25, 0.3) is 0 Å². The molecule has 0 aliphatic heterocycles. The molecule has 1 rings (SSSR count). The monoisotopic (exact) mass is 170 g/mol. The summed E-state index contributed by atoms with van der Waals surface area (Å²) in [5.74, 6) is -0.00641. The molecular weight excluding hydrogens is 152 g/mol. The molecular formula is C9H18N2O. The molecule has 0 heterocycles. The summed E-state index contributed by atoms with van der Waals surface area (Å²) in [5.41, 5.74) is 5.86. The summed E-state index contributed by atoms with van der Waals surface area (Å²) in [6, 6.07) is 0.0176. The van der Waals surface area contributed by atoms with Gasteiger partial charge in [0.05, 0.1) is 6.04 Å². The fraction of sp³-hybridized carbons (Fsp3) is 0.889. The van der Waals surface area contributed by atoms with Crippen LogP contribution in [0.3, 0.4) is 0 Å². The third kappa shape index (κ3) is 1.97. The van der Waals surface area contributed by atoms with E-state index in [0.29, 0.717) is 17.9 Å². The van der Waals surface area contributed by atoms with Gasteiger partial charge in [-0.15, -0.1) is 0 Å². The molecule has 0 aromatic heterocycles. The molecule has 0 spiro atoms. The van der Waals surface area contributed by atoms with Crippen LogP contribution in [0.2, 0.25) is 0 Å². The first-order chi connectivity index (χ1) is 5.47. The maximum atomic E-state index is 11.3. The van der Waals surface area contributed by atoms with E-state index in [1.165, 1.54) is 0 Å². The summed E-state index contributed by atoms with van der Waals surface area (Å²) in [5, 5.41) is 2.93. The Morgan fingerprint density at radius 1 is 1.75 bits per heavy atom. The predicted molar refractivity (Wildman–Crippen MR) is 48.6 cm³/mol. The summed E-state index contributed by atoms with van der Waals surface area (Å²) >= 11 is 0. The Kier molecular flexibility index (Phi) is 2.42. The van der Waals surface area contributed by atoms with Crippen molar-refractivity contribution in [3.05, 3.63) is 0 Å². The molecule has 3 nitrogen and oxygen atoms in total. The average molecular weight is 170 g/mol. The summed E-state index contributed by atoms with van der Waals surface area (Å²) in [6.45, 7) is 6.22. The van der Waals surface area contributed by atoms with Crippen molar-refractivity contribution in [1.82, 2.24) is 5.32 Å². The Hall–Kier alpha value is -0.570. The number of carbonyl (C=O) groups excluding carboxylic acids is 1. The van der Waals surface area contributed by atoms with Gasteiger partial charge in [-0.25, -0.2) is 0 Å². The average Bonchev–Trinajstić information content (AvgIpc) is 2.57. The minimum atomic E-state index is -0.332. The SMILES string of the molecule is CCC(N)C(=O)NC1CC1(C)C. The topological polar surface area (TPSA) is 55.1 Å². The minimum absolute atomic E-state index is 0.00641. The molecule has 3 heteroatoms. The van der Waals surface area contributed by atoms with Crippen LogP contribution in [0.5, 0.6) is 0 Å². The van der Waals surface area contributed by atoms with Crippen LogP contribution < -0.4 is 11.1 Å². The summed E-state index contributed by atoms with van der Waals surface area (Å²) in [7, 11) is 0. The molecule has 2 atom stereocenters. The van der Waals surface area contributed by atoms with Crippen molar-refractivity contribution >= 4 is 5.91 Å². The molecule has 2 unspecified atom stereocenters. The van der Waals surface area contributed by atoms with E-state index in [0.717, 1.165) is 6.42 Å². The van der Waals surface area contributed by atoms with Crippen molar-refractivity contribution in [3.63, 3.8) is 0 Å². The Morgan fingerprint density at radius 2 is 2.25 bits per heavy atom. The molecule has 0 bridgehead atoms. The van der Waals surface area contributed by atoms with Crippen molar-refractivity contribution in [2.24, 2.45) is 11.1 Å². The maximum absolute atomic E-state index is 11.3. The molecule has 3 N–H and O–H groups in total. The molecule has 1 saturated carbocycles. The van der Waals surface area contributed by atoms with Crippen LogP contribution in [0, 0.1) is 5.41 Å². The first-order valence-corrected chi connectivity index (χ1v) is 4.53. The lowest BCUT2D eigenvalue weighted by Crippen LogP contribution is -2.42. The predicted octanol–water partition coefficient (Wildman–Crippen LogP) is 0.638. The highest BCUT2D eigenvalue weighted by molar-refractivity contribution is 5.82. The molecule has 0 aromatic carbocycles. The van der Waals surface area contributed by atoms with Crippen molar-refractivity contribution in [2.45, 2.75) is 45.7 Å². The quantitative estimate of drug-likeness (QED) is 0.653. The normalized spacial score (nSPS) is 27.8. The fourth-order valence-electron chi connectivity index (χ4n) is 1.18. The van der Waals surface area contributed by atoms with Gasteiger partial charge in [-0.1, -0.05) is 20.8 Å². The molecule has 1 aliphatic rings. The number of nitrogens with one attached hydrogen (secondary N) is 1. The smallest absolute Gasteiger partial charge is 0.237 e. The largest absolute Gasteiger partial charge is 0.351 e. The zero-order chi connectivity index (χ0) is 9.35. The third-order valence-electron chi connectivity index (χ3n) is 2.61. The van der Waals surface area contributed by atoms with E-state index in [9.17, 15) is 4.79 Å². The van der Waals surface area contributed by atoms with Gasteiger partial charge < -0.3 is 11.1 Å². The van der Waals surface area contributed by atoms with E-state index in [-0.39, 0.29) is 11.9 Å². The fourth-order valence-corrected chi connectivity index (χ4v) is 1.18. The highest BCUT2D eigenvalue weighted by Crippen LogP contribution is 2.44. The Morgan fingerprint density at radius 3 is 2.58 bits per heavy atom. The second-order valence-electron chi connectivity index (χ2n) is 4.27. The van der Waals surface area contributed by atoms with Gasteiger partial charge in [0.1, 0.15) is 0 Å². The van der Waals surface area contributed by atoms with Crippen molar-refractivity contribution in [2.75, 3.05) is 0 Å². The van der Waals surface area contributed by atoms with E-state index in [1.807, 2.05) is 6.92 Å². The molecule has 0 saturated heterocycles. The number of hydrogen-bond donors (Lipinski definition) is 2. The van der Waals surface area contributed by atoms with Crippen LogP contribution in [-0.4, -0.2) is 18.0 Å². The minimum Gasteiger partial charge on any atom is -0.351 e. The highest BCUT2D eigenvalue weighted by Gasteiger charge is 2.46. The zero-order valence-corrected chi connectivity index (χ0v) is 8.05. The van der Waals surface area contributed by atoms with Crippen LogP contribution in [0.1, 0.15) is 33.6 Å². The van der Waals surface area contributed by atoms with E-state index in [2.05, 4.69) is 19.2 Å². The standard InChI is InChI=1S/C9H18N2O/c1-4-6(10)8(12)11-7-5-9(7,2)3/h6-7H,4-5,10H2,1-3H3,(H,11,12). The first kappa shape index (κ1) is 9.52. The van der Waals surface area contributed by atoms with Gasteiger partial charge >= 0.3 is 0 Å². The van der Waals surface area contributed by atoms with Crippen molar-refractivity contribution < 1.29 is 4.79 Å². The van der Waals surface area contributed by atoms with Crippen LogP contribution in [0.25, 0.3) is 0 Å². The molecule has 70 valence electrons. The number of carbonyl (C=O) groups is 1. The van der Waals surface area contributed by atoms with E-state index < -0.39 is 0 Å². The summed E-state index contributed by atoms with van der Waals surface area (Å²) in [4.78, 5) is 11.3. The van der Waals surface area contributed by atoms with Crippen LogP contribution >= 0.6 is 0 Å². The number of nitrogens with two attached hydrogens (primary N) is 1. The van der Waals surface area contributed by atoms with E-state index in [1.54, 1.807) is 0 Å². The van der Waals surface area contributed by atoms with Gasteiger partial charge in [-0.2, -0.15) is 0 Å². The van der Waals surface area contributed by atoms with Crippen LogP contribution in [0.15, 0.2) is 0 Å². The number of amides is 1. The van der Waals surface area contributed by atoms with Gasteiger partial charge in [0.15, 0.2) is 0 Å². The van der Waals surface area contributed by atoms with Gasteiger partial charge in [0, 0.05) is 6.04 Å². The zero-order valence-electron chi connectivity index (χ0n) is 8.05. The number of hydrogen-bond acceptors (Lipinski definition) is 2. The molecule has 1 fully saturated rings. The molecule has 0 aromatic rings. The second kappa shape index (κ2) is 3.05. The lowest BCUT2D eigenvalue weighted by Gasteiger charge is -2.10. The van der Waals surface area contributed by atoms with Gasteiger partial charge in [-0.05, 0) is 18.3 Å². The Labute approximate surface area is 73.7 Å². The van der Waals surface area contributed by atoms with E-state index >= 15 is 0 Å². The second-order valence-corrected chi connectivity index (χ2v) is 4.27. The number of rotatable bonds is 3. The van der Waals surface area contributed by atoms with Crippen LogP contribution in [0.4, 0.5) is 0 Å². The Bertz CT molecular complexity index is 189. The van der Waals surface area contributed by atoms with Gasteiger partial charge in [-0.3, -0.25) is 4.79 Å². The van der Waals surface area contributed by atoms with Gasteiger partial charge in [0.2, 0.25) is 5.91 Å². The highest BCUT2D eigenvalue weighted by atomic mass is 16.2. The van der Waals surface area contributed by atoms with Crippen molar-refractivity contribution in [3.8, 4) is 0 Å². The third-order valence-corrected chi connectivity index (χ3v) is 2.61. The Balaban J connectivity index is 2.29. The molecule has 12 heavy (non-hydrogen) atoms. The molecule has 1 amide bonds. The molecule has 0 radical (unpaired) electrons. The molecule has 1 aliphatic carbocycles. The summed E-state index contributed by atoms with van der Waals surface area (Å²) in [6.07, 6.45) is 1.79.